The van der Waals surface area contributed by atoms with Crippen LogP contribution in [0.15, 0.2) is 59.7 Å². The van der Waals surface area contributed by atoms with Gasteiger partial charge in [0.25, 0.3) is 5.56 Å². The lowest BCUT2D eigenvalue weighted by atomic mass is 10.1. The highest BCUT2D eigenvalue weighted by Crippen LogP contribution is 2.33. The number of alkyl halides is 3. The minimum Gasteiger partial charge on any atom is -0.352 e. The number of carbonyl (C=O) groups is 1. The van der Waals surface area contributed by atoms with E-state index in [0.717, 1.165) is 6.07 Å². The van der Waals surface area contributed by atoms with Gasteiger partial charge >= 0.3 is 6.18 Å². The molecule has 0 saturated heterocycles. The molecule has 7 nitrogen and oxygen atoms in total. The maximum absolute atomic E-state index is 13.7. The van der Waals surface area contributed by atoms with Gasteiger partial charge in [-0.3, -0.25) is 14.2 Å². The molecule has 2 aromatic carbocycles. The molecule has 2 heterocycles. The molecule has 0 aliphatic carbocycles. The number of aromatic nitrogens is 4. The Balaban J connectivity index is 1.46. The van der Waals surface area contributed by atoms with Gasteiger partial charge in [0, 0.05) is 25.2 Å². The van der Waals surface area contributed by atoms with Crippen LogP contribution in [0.25, 0.3) is 16.6 Å². The van der Waals surface area contributed by atoms with E-state index in [4.69, 9.17) is 0 Å². The predicted octanol–water partition coefficient (Wildman–Crippen LogP) is 3.92. The molecule has 1 N–H and O–H groups in total. The van der Waals surface area contributed by atoms with E-state index in [0.29, 0.717) is 22.3 Å². The van der Waals surface area contributed by atoms with Crippen molar-refractivity contribution in [2.24, 2.45) is 0 Å². The number of nitrogens with one attached hydrogen (secondary N) is 1. The van der Waals surface area contributed by atoms with E-state index in [9.17, 15) is 22.8 Å². The van der Waals surface area contributed by atoms with Gasteiger partial charge in [0.15, 0.2) is 0 Å². The van der Waals surface area contributed by atoms with E-state index in [1.54, 1.807) is 44.2 Å². The average Bonchev–Trinajstić information content (AvgIpc) is 3.14. The van der Waals surface area contributed by atoms with Gasteiger partial charge in [-0.2, -0.15) is 18.3 Å². The fourth-order valence-electron chi connectivity index (χ4n) is 3.77. The molecule has 0 spiro atoms. The van der Waals surface area contributed by atoms with Crippen LogP contribution in [0.5, 0.6) is 0 Å². The summed E-state index contributed by atoms with van der Waals surface area (Å²) in [5.74, 6) is -0.476. The number of halogens is 3. The van der Waals surface area contributed by atoms with E-state index in [1.807, 2.05) is 0 Å². The lowest BCUT2D eigenvalue weighted by molar-refractivity contribution is -0.138. The zero-order valence-electron chi connectivity index (χ0n) is 18.6. The molecule has 0 fully saturated rings. The molecule has 4 aromatic rings. The summed E-state index contributed by atoms with van der Waals surface area (Å²) >= 11 is 0. The first-order chi connectivity index (χ1) is 16.1. The Bertz CT molecular complexity index is 1420. The quantitative estimate of drug-likeness (QED) is 0.464. The Kier molecular flexibility index (Phi) is 6.23. The third kappa shape index (κ3) is 4.85. The highest BCUT2D eigenvalue weighted by Gasteiger charge is 2.34. The first-order valence-electron chi connectivity index (χ1n) is 10.6. The van der Waals surface area contributed by atoms with Gasteiger partial charge in [-0.1, -0.05) is 18.2 Å². The number of carbonyl (C=O) groups excluding carboxylic acids is 1. The standard InChI is InChI=1S/C24H22F3N5O2/c1-15-11-16(2)32(30-15)18-8-7-17(20(12-18)24(25,26)27)13-28-22(33)9-10-31-14-29-21-6-4-3-5-19(21)23(31)34/h3-8,11-12,14H,9-10,13H2,1-2H3,(H,28,33). The van der Waals surface area contributed by atoms with E-state index < -0.39 is 17.6 Å². The summed E-state index contributed by atoms with van der Waals surface area (Å²) in [5.41, 5.74) is 1.07. The maximum Gasteiger partial charge on any atom is 0.416 e. The van der Waals surface area contributed by atoms with Crippen LogP contribution in [0.2, 0.25) is 0 Å². The largest absolute Gasteiger partial charge is 0.416 e. The zero-order chi connectivity index (χ0) is 24.5. The van der Waals surface area contributed by atoms with Crippen molar-refractivity contribution in [2.75, 3.05) is 0 Å². The van der Waals surface area contributed by atoms with Crippen molar-refractivity contribution in [3.05, 3.63) is 87.7 Å². The molecular weight excluding hydrogens is 447 g/mol. The summed E-state index contributed by atoms with van der Waals surface area (Å²) in [6, 6.07) is 12.5. The summed E-state index contributed by atoms with van der Waals surface area (Å²) in [7, 11) is 0. The highest BCUT2D eigenvalue weighted by molar-refractivity contribution is 5.77. The van der Waals surface area contributed by atoms with Crippen LogP contribution >= 0.6 is 0 Å². The Morgan fingerprint density at radius 1 is 1.09 bits per heavy atom. The lowest BCUT2D eigenvalue weighted by Gasteiger charge is -2.16. The van der Waals surface area contributed by atoms with Crippen molar-refractivity contribution in [2.45, 2.75) is 39.5 Å². The molecule has 0 bridgehead atoms. The number of para-hydroxylation sites is 1. The number of nitrogens with zero attached hydrogens (tertiary/aromatic N) is 4. The number of amides is 1. The van der Waals surface area contributed by atoms with E-state index in [-0.39, 0.29) is 36.3 Å². The van der Waals surface area contributed by atoms with Crippen LogP contribution in [0.3, 0.4) is 0 Å². The number of hydrogen-bond donors (Lipinski definition) is 1. The Morgan fingerprint density at radius 2 is 1.85 bits per heavy atom. The van der Waals surface area contributed by atoms with Gasteiger partial charge in [0.1, 0.15) is 0 Å². The van der Waals surface area contributed by atoms with Crippen LogP contribution in [-0.4, -0.2) is 25.2 Å². The van der Waals surface area contributed by atoms with Gasteiger partial charge < -0.3 is 5.32 Å². The molecule has 0 aliphatic heterocycles. The second-order valence-corrected chi connectivity index (χ2v) is 7.97. The maximum atomic E-state index is 13.7. The number of aryl methyl sites for hydroxylation is 3. The molecule has 0 aliphatic rings. The second kappa shape index (κ2) is 9.12. The zero-order valence-corrected chi connectivity index (χ0v) is 18.6. The fraction of sp³-hybridized carbons (Fsp3) is 0.250. The van der Waals surface area contributed by atoms with Gasteiger partial charge in [-0.05, 0) is 49.7 Å². The Hall–Kier alpha value is -3.95. The molecule has 0 saturated carbocycles. The summed E-state index contributed by atoms with van der Waals surface area (Å²) in [4.78, 5) is 29.0. The van der Waals surface area contributed by atoms with E-state index in [1.165, 1.54) is 27.7 Å². The molecule has 0 radical (unpaired) electrons. The van der Waals surface area contributed by atoms with Crippen molar-refractivity contribution in [1.29, 1.82) is 0 Å². The molecule has 2 aromatic heterocycles. The van der Waals surface area contributed by atoms with Crippen LogP contribution in [-0.2, 0) is 24.1 Å². The predicted molar refractivity (Wildman–Crippen MR) is 121 cm³/mol. The van der Waals surface area contributed by atoms with Gasteiger partial charge in [0.05, 0.1) is 34.2 Å². The first-order valence-corrected chi connectivity index (χ1v) is 10.6. The second-order valence-electron chi connectivity index (χ2n) is 7.97. The molecule has 10 heteroatoms. The minimum absolute atomic E-state index is 0.0596. The van der Waals surface area contributed by atoms with Crippen molar-refractivity contribution < 1.29 is 18.0 Å². The summed E-state index contributed by atoms with van der Waals surface area (Å²) < 4.78 is 43.9. The van der Waals surface area contributed by atoms with Crippen molar-refractivity contribution >= 4 is 16.8 Å². The van der Waals surface area contributed by atoms with Crippen molar-refractivity contribution in [1.82, 2.24) is 24.6 Å². The first kappa shape index (κ1) is 23.2. The molecule has 4 rings (SSSR count). The van der Waals surface area contributed by atoms with Crippen molar-refractivity contribution in [3.8, 4) is 5.69 Å². The van der Waals surface area contributed by atoms with Crippen molar-refractivity contribution in [3.63, 3.8) is 0 Å². The molecule has 176 valence electrons. The monoisotopic (exact) mass is 469 g/mol. The fourth-order valence-corrected chi connectivity index (χ4v) is 3.77. The molecule has 34 heavy (non-hydrogen) atoms. The molecule has 0 unspecified atom stereocenters. The third-order valence-corrected chi connectivity index (χ3v) is 5.44. The van der Waals surface area contributed by atoms with E-state index in [2.05, 4.69) is 15.4 Å². The number of hydrogen-bond acceptors (Lipinski definition) is 4. The third-order valence-electron chi connectivity index (χ3n) is 5.44. The highest BCUT2D eigenvalue weighted by atomic mass is 19.4. The van der Waals surface area contributed by atoms with Crippen LogP contribution in [0.1, 0.15) is 28.9 Å². The normalized spacial score (nSPS) is 11.7. The topological polar surface area (TPSA) is 81.8 Å². The summed E-state index contributed by atoms with van der Waals surface area (Å²) in [6.45, 7) is 3.29. The van der Waals surface area contributed by atoms with Crippen LogP contribution in [0.4, 0.5) is 13.2 Å². The van der Waals surface area contributed by atoms with Gasteiger partial charge in [-0.15, -0.1) is 0 Å². The molecule has 1 amide bonds. The number of fused-ring (bicyclic) bond motifs is 1. The number of rotatable bonds is 6. The average molecular weight is 469 g/mol. The molecule has 0 atom stereocenters. The van der Waals surface area contributed by atoms with Crippen LogP contribution < -0.4 is 10.9 Å². The van der Waals surface area contributed by atoms with Gasteiger partial charge in [0.2, 0.25) is 5.91 Å². The Labute approximate surface area is 192 Å². The summed E-state index contributed by atoms with van der Waals surface area (Å²) in [5, 5.41) is 7.18. The smallest absolute Gasteiger partial charge is 0.352 e. The van der Waals surface area contributed by atoms with Gasteiger partial charge in [-0.25, -0.2) is 9.67 Å². The Morgan fingerprint density at radius 3 is 2.56 bits per heavy atom. The minimum atomic E-state index is -4.60. The van der Waals surface area contributed by atoms with Crippen LogP contribution in [0, 0.1) is 13.8 Å². The summed E-state index contributed by atoms with van der Waals surface area (Å²) in [6.07, 6.45) is -3.32. The van der Waals surface area contributed by atoms with E-state index >= 15 is 0 Å². The SMILES string of the molecule is Cc1cc(C)n(-c2ccc(CNC(=O)CCn3cnc4ccccc4c3=O)c(C(F)(F)F)c2)n1. The molecular formula is C24H22F3N5O2. The number of benzene rings is 2. The lowest BCUT2D eigenvalue weighted by Crippen LogP contribution is -2.28.